The molecule has 2 aliphatic rings. The summed E-state index contributed by atoms with van der Waals surface area (Å²) in [7, 11) is 0. The highest BCUT2D eigenvalue weighted by molar-refractivity contribution is 5.94. The molecule has 2 amide bonds. The number of amides is 2. The molecule has 1 N–H and O–H groups in total. The molecule has 2 fully saturated rings. The smallest absolute Gasteiger partial charge is 0.276 e. The fraction of sp³-hybridized carbons (Fsp3) is 0.615. The Balaban J connectivity index is 1.60. The van der Waals surface area contributed by atoms with Crippen LogP contribution in [0.4, 0.5) is 4.39 Å². The number of nitrogens with one attached hydrogen (secondary N) is 1. The van der Waals surface area contributed by atoms with E-state index in [4.69, 9.17) is 4.74 Å². The fourth-order valence-electron chi connectivity index (χ4n) is 5.06. The molecule has 1 aromatic heterocycles. The van der Waals surface area contributed by atoms with Crippen molar-refractivity contribution >= 4 is 11.8 Å². The van der Waals surface area contributed by atoms with E-state index in [0.29, 0.717) is 64.5 Å². The van der Waals surface area contributed by atoms with Crippen LogP contribution in [0.5, 0.6) is 0 Å². The number of rotatable bonds is 8. The third kappa shape index (κ3) is 5.75. The van der Waals surface area contributed by atoms with Crippen LogP contribution in [0, 0.1) is 17.7 Å². The van der Waals surface area contributed by atoms with E-state index in [2.05, 4.69) is 29.5 Å². The predicted octanol–water partition coefficient (Wildman–Crippen LogP) is 2.29. The maximum atomic E-state index is 14.6. The number of para-hydroxylation sites is 1. The highest BCUT2D eigenvalue weighted by Crippen LogP contribution is 2.24. The topological polar surface area (TPSA) is 92.6 Å². The lowest BCUT2D eigenvalue weighted by Crippen LogP contribution is -2.56. The van der Waals surface area contributed by atoms with Crippen LogP contribution in [-0.2, 0) is 16.0 Å². The Bertz CT molecular complexity index is 1050. The lowest BCUT2D eigenvalue weighted by atomic mass is 9.92. The van der Waals surface area contributed by atoms with Crippen LogP contribution >= 0.6 is 0 Å². The highest BCUT2D eigenvalue weighted by atomic mass is 19.1. The van der Waals surface area contributed by atoms with Gasteiger partial charge < -0.3 is 19.9 Å². The molecule has 0 saturated carbocycles. The number of nitrogens with zero attached hydrogens (tertiary/aromatic N) is 5. The predicted molar refractivity (Wildman–Crippen MR) is 133 cm³/mol. The first-order valence-corrected chi connectivity index (χ1v) is 13.0. The summed E-state index contributed by atoms with van der Waals surface area (Å²) < 4.78 is 21.4. The summed E-state index contributed by atoms with van der Waals surface area (Å²) in [4.78, 5) is 30.8. The second-order valence-electron chi connectivity index (χ2n) is 10.0. The van der Waals surface area contributed by atoms with Crippen molar-refractivity contribution in [1.29, 1.82) is 0 Å². The molecule has 2 atom stereocenters. The van der Waals surface area contributed by atoms with Gasteiger partial charge in [0.25, 0.3) is 5.91 Å². The summed E-state index contributed by atoms with van der Waals surface area (Å²) in [5, 5.41) is 11.8. The number of halogens is 1. The summed E-state index contributed by atoms with van der Waals surface area (Å²) in [5.74, 6) is -0.501. The van der Waals surface area contributed by atoms with Gasteiger partial charge in [0.05, 0.1) is 24.8 Å². The highest BCUT2D eigenvalue weighted by Gasteiger charge is 2.37. The molecule has 10 heteroatoms. The molecule has 2 aromatic rings. The molecule has 0 bridgehead atoms. The lowest BCUT2D eigenvalue weighted by molar-refractivity contribution is -0.140. The van der Waals surface area contributed by atoms with Gasteiger partial charge in [-0.2, -0.15) is 0 Å². The molecule has 3 heterocycles. The number of carbonyl (C=O) groups excluding carboxylic acids is 2. The van der Waals surface area contributed by atoms with Gasteiger partial charge in [-0.1, -0.05) is 44.5 Å². The summed E-state index contributed by atoms with van der Waals surface area (Å²) in [6.45, 7) is 10.2. The second kappa shape index (κ2) is 11.9. The first kappa shape index (κ1) is 26.2. The molecule has 2 saturated heterocycles. The number of aromatic nitrogens is 3. The van der Waals surface area contributed by atoms with Crippen molar-refractivity contribution in [2.75, 3.05) is 45.9 Å². The van der Waals surface area contributed by atoms with Crippen LogP contribution in [0.3, 0.4) is 0 Å². The van der Waals surface area contributed by atoms with Crippen LogP contribution in [0.25, 0.3) is 5.69 Å². The van der Waals surface area contributed by atoms with Crippen molar-refractivity contribution < 1.29 is 18.7 Å². The number of benzene rings is 1. The van der Waals surface area contributed by atoms with E-state index in [1.807, 2.05) is 16.7 Å². The average molecular weight is 501 g/mol. The Labute approximate surface area is 212 Å². The van der Waals surface area contributed by atoms with E-state index < -0.39 is 5.82 Å². The first-order chi connectivity index (χ1) is 17.4. The largest absolute Gasteiger partial charge is 0.378 e. The number of hydrogen-bond acceptors (Lipinski definition) is 6. The second-order valence-corrected chi connectivity index (χ2v) is 10.0. The molecular weight excluding hydrogens is 463 g/mol. The van der Waals surface area contributed by atoms with Gasteiger partial charge in [0.15, 0.2) is 5.69 Å². The Morgan fingerprint density at radius 3 is 2.67 bits per heavy atom. The molecule has 2 aliphatic heterocycles. The zero-order valence-corrected chi connectivity index (χ0v) is 21.5. The zero-order chi connectivity index (χ0) is 25.7. The Morgan fingerprint density at radius 2 is 1.97 bits per heavy atom. The van der Waals surface area contributed by atoms with Gasteiger partial charge in [0.2, 0.25) is 5.91 Å². The SMILES string of the molecule is CCCc1c(C(=O)N(CC(C)C)[C@@H]2CNC[C@H](C(=O)N3CCOCC3)C2)nnn1-c1ccccc1F. The third-order valence-electron chi connectivity index (χ3n) is 6.80. The van der Waals surface area contributed by atoms with Crippen molar-refractivity contribution in [3.8, 4) is 5.69 Å². The minimum absolute atomic E-state index is 0.115. The number of hydrogen-bond donors (Lipinski definition) is 1. The number of piperidine rings is 1. The van der Waals surface area contributed by atoms with E-state index in [9.17, 15) is 14.0 Å². The third-order valence-corrected chi connectivity index (χ3v) is 6.80. The summed E-state index contributed by atoms with van der Waals surface area (Å²) in [6.07, 6.45) is 1.89. The van der Waals surface area contributed by atoms with Crippen molar-refractivity contribution in [1.82, 2.24) is 30.1 Å². The maximum Gasteiger partial charge on any atom is 0.276 e. The van der Waals surface area contributed by atoms with Crippen molar-refractivity contribution in [3.05, 3.63) is 41.5 Å². The van der Waals surface area contributed by atoms with Crippen LogP contribution in [0.1, 0.15) is 49.8 Å². The summed E-state index contributed by atoms with van der Waals surface area (Å²) >= 11 is 0. The van der Waals surface area contributed by atoms with Gasteiger partial charge in [-0.3, -0.25) is 9.59 Å². The van der Waals surface area contributed by atoms with E-state index in [1.165, 1.54) is 10.7 Å². The van der Waals surface area contributed by atoms with E-state index in [1.54, 1.807) is 18.2 Å². The number of carbonyl (C=O) groups is 2. The molecule has 4 rings (SSSR count). The van der Waals surface area contributed by atoms with Crippen molar-refractivity contribution in [2.45, 2.75) is 46.1 Å². The molecule has 1 aromatic carbocycles. The normalized spacial score (nSPS) is 20.5. The molecule has 0 unspecified atom stereocenters. The molecular formula is C26H37FN6O3. The first-order valence-electron chi connectivity index (χ1n) is 13.0. The minimum atomic E-state index is -0.418. The van der Waals surface area contributed by atoms with Crippen LogP contribution in [0.2, 0.25) is 0 Å². The molecule has 36 heavy (non-hydrogen) atoms. The van der Waals surface area contributed by atoms with Gasteiger partial charge >= 0.3 is 0 Å². The molecule has 0 spiro atoms. The van der Waals surface area contributed by atoms with Gasteiger partial charge in [-0.15, -0.1) is 5.10 Å². The lowest BCUT2D eigenvalue weighted by Gasteiger charge is -2.40. The number of ether oxygens (including phenoxy) is 1. The molecule has 0 aliphatic carbocycles. The Kier molecular flexibility index (Phi) is 8.68. The van der Waals surface area contributed by atoms with Gasteiger partial charge in [-0.25, -0.2) is 9.07 Å². The Hall–Kier alpha value is -2.85. The number of morpholine rings is 1. The molecule has 196 valence electrons. The van der Waals surface area contributed by atoms with E-state index in [0.717, 1.165) is 6.42 Å². The summed E-state index contributed by atoms with van der Waals surface area (Å²) in [5.41, 5.74) is 1.13. The monoisotopic (exact) mass is 500 g/mol. The molecule has 0 radical (unpaired) electrons. The van der Waals surface area contributed by atoms with Crippen molar-refractivity contribution in [2.24, 2.45) is 11.8 Å². The van der Waals surface area contributed by atoms with Crippen molar-refractivity contribution in [3.63, 3.8) is 0 Å². The minimum Gasteiger partial charge on any atom is -0.378 e. The molecule has 9 nitrogen and oxygen atoms in total. The average Bonchev–Trinajstić information content (AvgIpc) is 3.30. The van der Waals surface area contributed by atoms with E-state index >= 15 is 0 Å². The zero-order valence-electron chi connectivity index (χ0n) is 21.5. The van der Waals surface area contributed by atoms with Crippen LogP contribution in [-0.4, -0.2) is 88.6 Å². The summed E-state index contributed by atoms with van der Waals surface area (Å²) in [6, 6.07) is 6.21. The van der Waals surface area contributed by atoms with Gasteiger partial charge in [-0.05, 0) is 30.9 Å². The van der Waals surface area contributed by atoms with Gasteiger partial charge in [0.1, 0.15) is 11.5 Å². The fourth-order valence-corrected chi connectivity index (χ4v) is 5.06. The quantitative estimate of drug-likeness (QED) is 0.598. The van der Waals surface area contributed by atoms with Crippen LogP contribution < -0.4 is 5.32 Å². The van der Waals surface area contributed by atoms with Crippen LogP contribution in [0.15, 0.2) is 24.3 Å². The standard InChI is InChI=1S/C26H37FN6O3/c1-4-7-23-24(29-30-33(23)22-9-6-5-8-21(22)27)26(35)32(17-18(2)3)20-14-19(15-28-16-20)25(34)31-10-12-36-13-11-31/h5-6,8-9,18-20,28H,4,7,10-17H2,1-3H3/t19-,20+/m1/s1. The Morgan fingerprint density at radius 1 is 1.22 bits per heavy atom. The van der Waals surface area contributed by atoms with Gasteiger partial charge in [0, 0.05) is 38.8 Å². The maximum absolute atomic E-state index is 14.6. The van der Waals surface area contributed by atoms with E-state index in [-0.39, 0.29) is 41.1 Å².